The molecule has 0 amide bonds. The van der Waals surface area contributed by atoms with Crippen molar-refractivity contribution in [1.29, 1.82) is 0 Å². The fraction of sp³-hybridized carbons (Fsp3) is 1.00. The Bertz CT molecular complexity index is 145. The van der Waals surface area contributed by atoms with Gasteiger partial charge in [-0.05, 0) is 12.0 Å². The molecule has 0 heterocycles. The zero-order valence-electron chi connectivity index (χ0n) is 11.4. The van der Waals surface area contributed by atoms with Crippen molar-refractivity contribution < 1.29 is 4.74 Å². The van der Waals surface area contributed by atoms with E-state index in [1.54, 1.807) is 7.11 Å². The lowest BCUT2D eigenvalue weighted by Crippen LogP contribution is -2.30. The van der Waals surface area contributed by atoms with E-state index in [1.165, 1.54) is 38.1 Å². The summed E-state index contributed by atoms with van der Waals surface area (Å²) in [6, 6.07) is 1.51. The van der Waals surface area contributed by atoms with Crippen LogP contribution in [0.3, 0.4) is 0 Å². The SMILES string of the molecule is CCC(C)[Si](C)(C)CCCCCCOC. The van der Waals surface area contributed by atoms with Crippen LogP contribution in [0.1, 0.15) is 46.0 Å². The van der Waals surface area contributed by atoms with E-state index in [0.29, 0.717) is 0 Å². The summed E-state index contributed by atoms with van der Waals surface area (Å²) in [4.78, 5) is 0. The van der Waals surface area contributed by atoms with Gasteiger partial charge in [-0.2, -0.15) is 0 Å². The largest absolute Gasteiger partial charge is 0.385 e. The summed E-state index contributed by atoms with van der Waals surface area (Å²) in [6.45, 7) is 10.8. The van der Waals surface area contributed by atoms with Gasteiger partial charge in [0.05, 0.1) is 8.07 Å². The van der Waals surface area contributed by atoms with Crippen molar-refractivity contribution in [3.63, 3.8) is 0 Å². The van der Waals surface area contributed by atoms with E-state index in [9.17, 15) is 0 Å². The third-order valence-corrected chi connectivity index (χ3v) is 8.58. The van der Waals surface area contributed by atoms with Gasteiger partial charge in [0, 0.05) is 13.7 Å². The molecule has 0 aliphatic rings. The first-order valence-electron chi connectivity index (χ1n) is 6.53. The Morgan fingerprint density at radius 3 is 2.20 bits per heavy atom. The fourth-order valence-electron chi connectivity index (χ4n) is 1.98. The van der Waals surface area contributed by atoms with E-state index in [1.807, 2.05) is 0 Å². The minimum Gasteiger partial charge on any atom is -0.385 e. The summed E-state index contributed by atoms with van der Waals surface area (Å²) in [5.41, 5.74) is 0.983. The molecule has 0 aliphatic carbocycles. The molecule has 0 bridgehead atoms. The molecule has 15 heavy (non-hydrogen) atoms. The van der Waals surface area contributed by atoms with Crippen LogP contribution in [0.15, 0.2) is 0 Å². The fourth-order valence-corrected chi connectivity index (χ4v) is 4.74. The maximum Gasteiger partial charge on any atom is 0.0502 e. The second-order valence-electron chi connectivity index (χ2n) is 5.45. The van der Waals surface area contributed by atoms with Crippen LogP contribution >= 0.6 is 0 Å². The molecule has 0 aromatic rings. The first-order valence-corrected chi connectivity index (χ1v) is 9.82. The first-order chi connectivity index (χ1) is 7.04. The van der Waals surface area contributed by atoms with Crippen molar-refractivity contribution in [3.05, 3.63) is 0 Å². The number of methoxy groups -OCH3 is 1. The molecule has 0 saturated carbocycles. The molecule has 1 unspecified atom stereocenters. The summed E-state index contributed by atoms with van der Waals surface area (Å²) in [6.07, 6.45) is 6.78. The van der Waals surface area contributed by atoms with Crippen LogP contribution in [0.2, 0.25) is 24.7 Å². The van der Waals surface area contributed by atoms with Gasteiger partial charge in [-0.15, -0.1) is 0 Å². The average Bonchev–Trinajstić information content (AvgIpc) is 2.22. The van der Waals surface area contributed by atoms with Gasteiger partial charge in [0.15, 0.2) is 0 Å². The van der Waals surface area contributed by atoms with Crippen molar-refractivity contribution in [2.75, 3.05) is 13.7 Å². The van der Waals surface area contributed by atoms with Crippen molar-refractivity contribution in [2.24, 2.45) is 0 Å². The van der Waals surface area contributed by atoms with Crippen LogP contribution in [0.25, 0.3) is 0 Å². The van der Waals surface area contributed by atoms with Gasteiger partial charge in [-0.1, -0.05) is 58.7 Å². The standard InChI is InChI=1S/C13H30OSi/c1-6-13(2)15(4,5)12-10-8-7-9-11-14-3/h13H,6-12H2,1-5H3. The molecule has 1 nitrogen and oxygen atoms in total. The van der Waals surface area contributed by atoms with Crippen molar-refractivity contribution in [3.8, 4) is 0 Å². The Balaban J connectivity index is 3.48. The van der Waals surface area contributed by atoms with Crippen LogP contribution < -0.4 is 0 Å². The molecule has 0 N–H and O–H groups in total. The van der Waals surface area contributed by atoms with E-state index in [0.717, 1.165) is 12.1 Å². The summed E-state index contributed by atoms with van der Waals surface area (Å²) < 4.78 is 5.05. The second kappa shape index (κ2) is 8.34. The minimum atomic E-state index is -0.906. The molecule has 92 valence electrons. The molecule has 0 spiro atoms. The molecule has 0 rings (SSSR count). The van der Waals surface area contributed by atoms with Crippen molar-refractivity contribution in [2.45, 2.75) is 70.6 Å². The highest BCUT2D eigenvalue weighted by Crippen LogP contribution is 2.30. The van der Waals surface area contributed by atoms with Gasteiger partial charge in [0.1, 0.15) is 0 Å². The van der Waals surface area contributed by atoms with Gasteiger partial charge in [0.25, 0.3) is 0 Å². The molecule has 0 aromatic heterocycles. The van der Waals surface area contributed by atoms with Gasteiger partial charge in [0.2, 0.25) is 0 Å². The van der Waals surface area contributed by atoms with Crippen LogP contribution in [-0.4, -0.2) is 21.8 Å². The summed E-state index contributed by atoms with van der Waals surface area (Å²) in [7, 11) is 0.884. The van der Waals surface area contributed by atoms with Crippen LogP contribution in [0.5, 0.6) is 0 Å². The Morgan fingerprint density at radius 1 is 1.07 bits per heavy atom. The van der Waals surface area contributed by atoms with Crippen molar-refractivity contribution >= 4 is 8.07 Å². The normalized spacial score (nSPS) is 14.2. The lowest BCUT2D eigenvalue weighted by molar-refractivity contribution is 0.192. The molecular formula is C13H30OSi. The Morgan fingerprint density at radius 2 is 1.67 bits per heavy atom. The number of unbranched alkanes of at least 4 members (excludes halogenated alkanes) is 3. The quantitative estimate of drug-likeness (QED) is 0.412. The predicted octanol–water partition coefficient (Wildman–Crippen LogP) is 4.70. The second-order valence-corrected chi connectivity index (χ2v) is 10.9. The van der Waals surface area contributed by atoms with Gasteiger partial charge in [-0.3, -0.25) is 0 Å². The molecular weight excluding hydrogens is 200 g/mol. The summed E-state index contributed by atoms with van der Waals surface area (Å²) >= 11 is 0. The maximum absolute atomic E-state index is 5.05. The smallest absolute Gasteiger partial charge is 0.0502 e. The third kappa shape index (κ3) is 7.12. The molecule has 0 aliphatic heterocycles. The van der Waals surface area contributed by atoms with Crippen LogP contribution in [0.4, 0.5) is 0 Å². The van der Waals surface area contributed by atoms with E-state index in [-0.39, 0.29) is 0 Å². The molecule has 0 radical (unpaired) electrons. The maximum atomic E-state index is 5.05. The van der Waals surface area contributed by atoms with E-state index in [2.05, 4.69) is 26.9 Å². The Hall–Kier alpha value is 0.177. The monoisotopic (exact) mass is 230 g/mol. The average molecular weight is 230 g/mol. The summed E-state index contributed by atoms with van der Waals surface area (Å²) in [5, 5.41) is 0. The topological polar surface area (TPSA) is 9.23 Å². The number of ether oxygens (including phenoxy) is 1. The molecule has 0 fully saturated rings. The first kappa shape index (κ1) is 15.2. The van der Waals surface area contributed by atoms with E-state index < -0.39 is 8.07 Å². The molecule has 2 heteroatoms. The number of rotatable bonds is 9. The number of hydrogen-bond acceptors (Lipinski definition) is 1. The summed E-state index contributed by atoms with van der Waals surface area (Å²) in [5.74, 6) is 0. The van der Waals surface area contributed by atoms with E-state index >= 15 is 0 Å². The Labute approximate surface area is 97.6 Å². The van der Waals surface area contributed by atoms with Gasteiger partial charge in [-0.25, -0.2) is 0 Å². The molecule has 0 saturated heterocycles. The highest BCUT2D eigenvalue weighted by molar-refractivity contribution is 6.78. The van der Waals surface area contributed by atoms with Gasteiger partial charge < -0.3 is 4.74 Å². The van der Waals surface area contributed by atoms with Crippen LogP contribution in [-0.2, 0) is 4.74 Å². The Kier molecular flexibility index (Phi) is 8.44. The zero-order valence-corrected chi connectivity index (χ0v) is 12.4. The lowest BCUT2D eigenvalue weighted by atomic mass is 10.2. The van der Waals surface area contributed by atoms with Crippen molar-refractivity contribution in [1.82, 2.24) is 0 Å². The highest BCUT2D eigenvalue weighted by atomic mass is 28.3. The third-order valence-electron chi connectivity index (χ3n) is 3.87. The number of hydrogen-bond donors (Lipinski definition) is 0. The predicted molar refractivity (Wildman–Crippen MR) is 72.3 cm³/mol. The molecule has 0 aromatic carbocycles. The van der Waals surface area contributed by atoms with Crippen LogP contribution in [0, 0.1) is 0 Å². The zero-order chi connectivity index (χ0) is 11.7. The highest BCUT2D eigenvalue weighted by Gasteiger charge is 2.25. The lowest BCUT2D eigenvalue weighted by Gasteiger charge is -2.29. The van der Waals surface area contributed by atoms with Gasteiger partial charge >= 0.3 is 0 Å². The van der Waals surface area contributed by atoms with E-state index in [4.69, 9.17) is 4.74 Å². The minimum absolute atomic E-state index is 0.906. The molecule has 1 atom stereocenters.